The van der Waals surface area contributed by atoms with E-state index in [-0.39, 0.29) is 29.7 Å². The molecule has 1 amide bonds. The van der Waals surface area contributed by atoms with Crippen molar-refractivity contribution in [1.29, 1.82) is 0 Å². The molecule has 5 rings (SSSR count). The number of halogens is 1. The number of hydrogen-bond donors (Lipinski definition) is 2. The summed E-state index contributed by atoms with van der Waals surface area (Å²) in [5, 5.41) is 19.0. The highest BCUT2D eigenvalue weighted by molar-refractivity contribution is 5.79. The van der Waals surface area contributed by atoms with Crippen LogP contribution in [0.1, 0.15) is 25.7 Å². The quantitative estimate of drug-likeness (QED) is 0.611. The molecule has 2 N–H and O–H groups in total. The minimum absolute atomic E-state index is 0.0109. The van der Waals surface area contributed by atoms with Crippen LogP contribution in [0.4, 0.5) is 4.39 Å². The van der Waals surface area contributed by atoms with E-state index in [1.165, 1.54) is 33.9 Å². The molecule has 2 aliphatic heterocycles. The number of likely N-dealkylation sites (tertiary alicyclic amines) is 1. The molecule has 2 fully saturated rings. The van der Waals surface area contributed by atoms with E-state index < -0.39 is 5.60 Å². The van der Waals surface area contributed by atoms with E-state index in [1.807, 2.05) is 4.90 Å². The Bertz CT molecular complexity index is 1210. The van der Waals surface area contributed by atoms with E-state index in [0.29, 0.717) is 49.2 Å². The van der Waals surface area contributed by atoms with Crippen LogP contribution in [0.25, 0.3) is 16.7 Å². The average Bonchev–Trinajstić information content (AvgIpc) is 3.27. The highest BCUT2D eigenvalue weighted by Crippen LogP contribution is 2.26. The number of nitrogens with zero attached hydrogens (tertiary/aromatic N) is 5. The smallest absolute Gasteiger partial charge is 0.264 e. The predicted molar refractivity (Wildman–Crippen MR) is 119 cm³/mol. The first kappa shape index (κ1) is 21.7. The Morgan fingerprint density at radius 3 is 2.70 bits per heavy atom. The fraction of sp³-hybridized carbons (Fsp3) is 0.478. The zero-order chi connectivity index (χ0) is 23.0. The van der Waals surface area contributed by atoms with Crippen LogP contribution >= 0.6 is 0 Å². The molecular weight excluding hydrogens is 427 g/mol. The van der Waals surface area contributed by atoms with Crippen LogP contribution < -0.4 is 10.9 Å². The predicted octanol–water partition coefficient (Wildman–Crippen LogP) is 1.07. The van der Waals surface area contributed by atoms with Gasteiger partial charge in [0.05, 0.1) is 29.9 Å². The monoisotopic (exact) mass is 454 g/mol. The Kier molecular flexibility index (Phi) is 5.71. The maximum absolute atomic E-state index is 13.2. The summed E-state index contributed by atoms with van der Waals surface area (Å²) < 4.78 is 16.1. The van der Waals surface area contributed by atoms with Gasteiger partial charge >= 0.3 is 0 Å². The molecule has 1 aromatic carbocycles. The molecule has 1 atom stereocenters. The molecule has 0 unspecified atom stereocenters. The van der Waals surface area contributed by atoms with Crippen molar-refractivity contribution in [2.45, 2.75) is 37.8 Å². The van der Waals surface area contributed by atoms with Gasteiger partial charge < -0.3 is 15.3 Å². The van der Waals surface area contributed by atoms with Gasteiger partial charge in [-0.2, -0.15) is 5.10 Å². The van der Waals surface area contributed by atoms with Crippen LogP contribution in [0.15, 0.2) is 41.6 Å². The molecule has 9 nitrogen and oxygen atoms in total. The lowest BCUT2D eigenvalue weighted by Gasteiger charge is -2.40. The molecule has 0 radical (unpaired) electrons. The lowest BCUT2D eigenvalue weighted by Crippen LogP contribution is -2.52. The molecule has 2 saturated heterocycles. The molecule has 2 aromatic heterocycles. The summed E-state index contributed by atoms with van der Waals surface area (Å²) in [6, 6.07) is 5.77. The molecule has 3 aromatic rings. The molecule has 0 saturated carbocycles. The minimum Gasteiger partial charge on any atom is -0.388 e. The number of carbonyl (C=O) groups is 1. The van der Waals surface area contributed by atoms with E-state index in [9.17, 15) is 19.1 Å². The Morgan fingerprint density at radius 2 is 2.00 bits per heavy atom. The van der Waals surface area contributed by atoms with Crippen molar-refractivity contribution < 1.29 is 14.3 Å². The van der Waals surface area contributed by atoms with Crippen LogP contribution in [0.2, 0.25) is 0 Å². The number of hydrogen-bond acceptors (Lipinski definition) is 6. The number of nitrogens with one attached hydrogen (secondary N) is 1. The Balaban J connectivity index is 1.30. The summed E-state index contributed by atoms with van der Waals surface area (Å²) in [6.07, 6.45) is 5.56. The number of piperidine rings is 2. The third kappa shape index (κ3) is 4.28. The lowest BCUT2D eigenvalue weighted by molar-refractivity contribution is -0.140. The molecule has 0 spiro atoms. The highest BCUT2D eigenvalue weighted by Gasteiger charge is 2.36. The Morgan fingerprint density at radius 1 is 1.24 bits per heavy atom. The van der Waals surface area contributed by atoms with Crippen molar-refractivity contribution in [2.24, 2.45) is 5.92 Å². The molecule has 174 valence electrons. The van der Waals surface area contributed by atoms with Gasteiger partial charge in [-0.3, -0.25) is 14.2 Å². The molecule has 10 heteroatoms. The normalized spacial score (nSPS) is 20.8. The van der Waals surface area contributed by atoms with Gasteiger partial charge in [-0.1, -0.05) is 0 Å². The topological polar surface area (TPSA) is 105 Å². The summed E-state index contributed by atoms with van der Waals surface area (Å²) in [6.45, 7) is 2.72. The van der Waals surface area contributed by atoms with Crippen molar-refractivity contribution in [3.8, 4) is 5.69 Å². The Hall–Kier alpha value is -3.11. The summed E-state index contributed by atoms with van der Waals surface area (Å²) in [4.78, 5) is 32.0. The lowest BCUT2D eigenvalue weighted by atomic mass is 9.89. The number of rotatable bonds is 4. The molecule has 4 heterocycles. The van der Waals surface area contributed by atoms with E-state index in [2.05, 4.69) is 15.4 Å². The fourth-order valence-corrected chi connectivity index (χ4v) is 4.77. The second kappa shape index (κ2) is 8.68. The van der Waals surface area contributed by atoms with Crippen LogP contribution in [-0.4, -0.2) is 67.0 Å². The molecule has 0 bridgehead atoms. The summed E-state index contributed by atoms with van der Waals surface area (Å²) in [5.74, 6) is -0.198. The van der Waals surface area contributed by atoms with Gasteiger partial charge in [-0.15, -0.1) is 0 Å². The maximum atomic E-state index is 13.2. The van der Waals surface area contributed by atoms with Crippen molar-refractivity contribution in [3.63, 3.8) is 0 Å². The second-order valence-electron chi connectivity index (χ2n) is 9.04. The molecular formula is C23H27FN6O3. The first-order chi connectivity index (χ1) is 15.9. The molecule has 33 heavy (non-hydrogen) atoms. The average molecular weight is 455 g/mol. The van der Waals surface area contributed by atoms with E-state index in [0.717, 1.165) is 19.4 Å². The SMILES string of the molecule is O=C([C@H]1CCCNC1)N1CCC(O)(Cn2cnc3c(cnn3-c3ccc(F)cc3)c2=O)CC1. The van der Waals surface area contributed by atoms with Crippen molar-refractivity contribution in [3.05, 3.63) is 53.0 Å². The van der Waals surface area contributed by atoms with Crippen LogP contribution in [-0.2, 0) is 11.3 Å². The van der Waals surface area contributed by atoms with Crippen LogP contribution in [0, 0.1) is 11.7 Å². The molecule has 2 aliphatic rings. The van der Waals surface area contributed by atoms with Gasteiger partial charge in [0.2, 0.25) is 5.91 Å². The number of carbonyl (C=O) groups excluding carboxylic acids is 1. The third-order valence-corrected chi connectivity index (χ3v) is 6.74. The summed E-state index contributed by atoms with van der Waals surface area (Å²) >= 11 is 0. The number of aliphatic hydroxyl groups is 1. The van der Waals surface area contributed by atoms with Gasteiger partial charge in [0.15, 0.2) is 5.65 Å². The maximum Gasteiger partial charge on any atom is 0.264 e. The minimum atomic E-state index is -1.09. The zero-order valence-corrected chi connectivity index (χ0v) is 18.3. The van der Waals surface area contributed by atoms with Gasteiger partial charge in [-0.05, 0) is 56.5 Å². The van der Waals surface area contributed by atoms with Gasteiger partial charge in [0, 0.05) is 19.6 Å². The summed E-state index contributed by atoms with van der Waals surface area (Å²) in [7, 11) is 0. The van der Waals surface area contributed by atoms with Crippen LogP contribution in [0.5, 0.6) is 0 Å². The summed E-state index contributed by atoms with van der Waals surface area (Å²) in [5.41, 5.74) is -0.418. The first-order valence-electron chi connectivity index (χ1n) is 11.3. The van der Waals surface area contributed by atoms with E-state index in [1.54, 1.807) is 12.1 Å². The Labute approximate surface area is 189 Å². The highest BCUT2D eigenvalue weighted by atomic mass is 19.1. The number of benzene rings is 1. The standard InChI is InChI=1S/C23H27FN6O3/c24-17-3-5-18(6-4-17)30-20-19(13-27-30)22(32)29(15-26-20)14-23(33)7-10-28(11-8-23)21(31)16-2-1-9-25-12-16/h3-6,13,15-16,25,33H,1-2,7-12,14H2/t16-/m0/s1. The van der Waals surface area contributed by atoms with Crippen molar-refractivity contribution in [2.75, 3.05) is 26.2 Å². The van der Waals surface area contributed by atoms with E-state index >= 15 is 0 Å². The zero-order valence-electron chi connectivity index (χ0n) is 18.3. The number of fused-ring (bicyclic) bond motifs is 1. The number of aromatic nitrogens is 4. The van der Waals surface area contributed by atoms with Crippen molar-refractivity contribution in [1.82, 2.24) is 29.5 Å². The number of amides is 1. The first-order valence-corrected chi connectivity index (χ1v) is 11.3. The molecule has 0 aliphatic carbocycles. The largest absolute Gasteiger partial charge is 0.388 e. The van der Waals surface area contributed by atoms with Crippen LogP contribution in [0.3, 0.4) is 0 Å². The van der Waals surface area contributed by atoms with Crippen molar-refractivity contribution >= 4 is 16.9 Å². The van der Waals surface area contributed by atoms with Gasteiger partial charge in [0.25, 0.3) is 5.56 Å². The second-order valence-corrected chi connectivity index (χ2v) is 9.04. The van der Waals surface area contributed by atoms with E-state index in [4.69, 9.17) is 0 Å². The third-order valence-electron chi connectivity index (χ3n) is 6.74. The fourth-order valence-electron chi connectivity index (χ4n) is 4.77. The van der Waals surface area contributed by atoms with Gasteiger partial charge in [0.1, 0.15) is 17.5 Å². The van der Waals surface area contributed by atoms with Gasteiger partial charge in [-0.25, -0.2) is 14.1 Å².